The minimum absolute atomic E-state index is 0.320. The van der Waals surface area contributed by atoms with Crippen LogP contribution >= 0.6 is 0 Å². The van der Waals surface area contributed by atoms with Crippen molar-refractivity contribution in [2.75, 3.05) is 33.3 Å². The fourth-order valence-corrected chi connectivity index (χ4v) is 4.91. The molecule has 6 heteroatoms. The van der Waals surface area contributed by atoms with Crippen molar-refractivity contribution in [1.29, 1.82) is 0 Å². The van der Waals surface area contributed by atoms with E-state index in [0.29, 0.717) is 24.7 Å². The van der Waals surface area contributed by atoms with Gasteiger partial charge in [-0.1, -0.05) is 24.3 Å². The molecular formula is C26H32N4O2. The number of rotatable bonds is 7. The summed E-state index contributed by atoms with van der Waals surface area (Å²) in [7, 11) is 1.71. The van der Waals surface area contributed by atoms with E-state index in [2.05, 4.69) is 57.1 Å². The number of ether oxygens (including phenoxy) is 2. The number of pyridine rings is 1. The van der Waals surface area contributed by atoms with Gasteiger partial charge in [0.05, 0.1) is 25.9 Å². The molecule has 168 valence electrons. The quantitative estimate of drug-likeness (QED) is 0.594. The van der Waals surface area contributed by atoms with Gasteiger partial charge in [0, 0.05) is 44.5 Å². The lowest BCUT2D eigenvalue weighted by Crippen LogP contribution is -2.41. The van der Waals surface area contributed by atoms with Crippen LogP contribution in [0, 0.1) is 5.92 Å². The third-order valence-electron chi connectivity index (χ3n) is 6.76. The van der Waals surface area contributed by atoms with Crippen LogP contribution in [-0.4, -0.2) is 49.3 Å². The molecule has 3 aromatic rings. The molecule has 0 aliphatic carbocycles. The van der Waals surface area contributed by atoms with Crippen molar-refractivity contribution in [2.24, 2.45) is 5.92 Å². The van der Waals surface area contributed by atoms with E-state index in [0.717, 1.165) is 50.3 Å². The van der Waals surface area contributed by atoms with E-state index >= 15 is 0 Å². The van der Waals surface area contributed by atoms with E-state index in [-0.39, 0.29) is 0 Å². The number of nitrogens with zero attached hydrogens (tertiary/aromatic N) is 2. The van der Waals surface area contributed by atoms with Crippen LogP contribution in [0.15, 0.2) is 60.9 Å². The zero-order chi connectivity index (χ0) is 21.8. The molecule has 5 rings (SSSR count). The monoisotopic (exact) mass is 432 g/mol. The van der Waals surface area contributed by atoms with Crippen molar-refractivity contribution in [1.82, 2.24) is 20.7 Å². The summed E-state index contributed by atoms with van der Waals surface area (Å²) in [4.78, 5) is 6.77. The molecule has 2 atom stereocenters. The lowest BCUT2D eigenvalue weighted by Gasteiger charge is -2.34. The van der Waals surface area contributed by atoms with Gasteiger partial charge in [-0.25, -0.2) is 5.43 Å². The smallest absolute Gasteiger partial charge is 0.119 e. The van der Waals surface area contributed by atoms with E-state index in [4.69, 9.17) is 9.47 Å². The van der Waals surface area contributed by atoms with E-state index in [1.807, 2.05) is 18.3 Å². The summed E-state index contributed by atoms with van der Waals surface area (Å²) in [6, 6.07) is 17.4. The van der Waals surface area contributed by atoms with Crippen LogP contribution in [0.4, 0.5) is 0 Å². The summed E-state index contributed by atoms with van der Waals surface area (Å²) in [5, 5.41) is 2.46. The number of fused-ring (bicyclic) bond motifs is 1. The molecule has 3 heterocycles. The van der Waals surface area contributed by atoms with Crippen molar-refractivity contribution in [3.05, 3.63) is 72.1 Å². The van der Waals surface area contributed by atoms with Gasteiger partial charge in [0.15, 0.2) is 0 Å². The first kappa shape index (κ1) is 21.3. The molecule has 0 spiro atoms. The Morgan fingerprint density at radius 1 is 1.06 bits per heavy atom. The summed E-state index contributed by atoms with van der Waals surface area (Å²) in [5.41, 5.74) is 9.40. The normalized spacial score (nSPS) is 22.4. The fourth-order valence-electron chi connectivity index (χ4n) is 4.91. The second-order valence-electron chi connectivity index (χ2n) is 8.91. The van der Waals surface area contributed by atoms with Crippen LogP contribution in [0.2, 0.25) is 0 Å². The maximum absolute atomic E-state index is 6.13. The first-order valence-electron chi connectivity index (χ1n) is 11.6. The highest BCUT2D eigenvalue weighted by Crippen LogP contribution is 2.30. The Balaban J connectivity index is 1.16. The summed E-state index contributed by atoms with van der Waals surface area (Å²) in [5.74, 6) is 1.44. The van der Waals surface area contributed by atoms with Gasteiger partial charge in [0.1, 0.15) is 5.75 Å². The summed E-state index contributed by atoms with van der Waals surface area (Å²) in [6.07, 6.45) is 6.22. The van der Waals surface area contributed by atoms with Gasteiger partial charge in [0.25, 0.3) is 0 Å². The average molecular weight is 433 g/mol. The molecule has 2 fully saturated rings. The van der Waals surface area contributed by atoms with E-state index < -0.39 is 0 Å². The van der Waals surface area contributed by atoms with Gasteiger partial charge in [-0.15, -0.1) is 0 Å². The number of nitrogens with one attached hydrogen (secondary N) is 2. The van der Waals surface area contributed by atoms with E-state index in [9.17, 15) is 0 Å². The molecule has 6 nitrogen and oxygen atoms in total. The van der Waals surface area contributed by atoms with Gasteiger partial charge < -0.3 is 14.4 Å². The Kier molecular flexibility index (Phi) is 6.64. The number of hydrogen-bond acceptors (Lipinski definition) is 6. The minimum atomic E-state index is 0.320. The lowest BCUT2D eigenvalue weighted by molar-refractivity contribution is -0.00515. The summed E-state index contributed by atoms with van der Waals surface area (Å²) in [6.45, 7) is 4.94. The molecular weight excluding hydrogens is 400 g/mol. The molecule has 2 N–H and O–H groups in total. The largest absolute Gasteiger partial charge is 0.497 e. The van der Waals surface area contributed by atoms with Crippen molar-refractivity contribution in [2.45, 2.75) is 31.6 Å². The third kappa shape index (κ3) is 4.94. The van der Waals surface area contributed by atoms with Gasteiger partial charge in [-0.05, 0) is 59.0 Å². The standard InChI is InChI=1S/C26H32N4O2/c1-31-25-7-6-20-13-22(5-4-21(20)14-25)26-23(16-28-29-26)17-30-11-8-24(9-12-30)32-18-19-3-2-10-27-15-19/h2-7,10,13-15,23-24,26,28-29H,8-9,11-12,16-18H2,1H3. The van der Waals surface area contributed by atoms with Crippen molar-refractivity contribution in [3.63, 3.8) is 0 Å². The lowest BCUT2D eigenvalue weighted by atomic mass is 9.92. The predicted molar refractivity (Wildman–Crippen MR) is 126 cm³/mol. The number of hydrazine groups is 1. The molecule has 2 aliphatic rings. The first-order valence-corrected chi connectivity index (χ1v) is 11.6. The Morgan fingerprint density at radius 2 is 1.91 bits per heavy atom. The van der Waals surface area contributed by atoms with E-state index in [1.165, 1.54) is 16.3 Å². The van der Waals surface area contributed by atoms with Crippen LogP contribution in [0.5, 0.6) is 5.75 Å². The van der Waals surface area contributed by atoms with Crippen molar-refractivity contribution >= 4 is 10.8 Å². The van der Waals surface area contributed by atoms with E-state index in [1.54, 1.807) is 13.3 Å². The average Bonchev–Trinajstić information content (AvgIpc) is 3.31. The van der Waals surface area contributed by atoms with Crippen molar-refractivity contribution < 1.29 is 9.47 Å². The number of likely N-dealkylation sites (tertiary alicyclic amines) is 1. The highest BCUT2D eigenvalue weighted by atomic mass is 16.5. The number of benzene rings is 2. The first-order chi connectivity index (χ1) is 15.8. The molecule has 0 amide bonds. The summed E-state index contributed by atoms with van der Waals surface area (Å²) < 4.78 is 11.5. The second kappa shape index (κ2) is 9.96. The second-order valence-corrected chi connectivity index (χ2v) is 8.91. The Hall–Kier alpha value is -2.51. The topological polar surface area (TPSA) is 58.7 Å². The molecule has 32 heavy (non-hydrogen) atoms. The predicted octanol–water partition coefficient (Wildman–Crippen LogP) is 3.69. The Bertz CT molecular complexity index is 1020. The fraction of sp³-hybridized carbons (Fsp3) is 0.423. The summed E-state index contributed by atoms with van der Waals surface area (Å²) >= 11 is 0. The van der Waals surface area contributed by atoms with Gasteiger partial charge >= 0.3 is 0 Å². The molecule has 0 bridgehead atoms. The van der Waals surface area contributed by atoms with Crippen LogP contribution in [0.25, 0.3) is 10.8 Å². The Labute approximate surface area is 189 Å². The van der Waals surface area contributed by atoms with Crippen LogP contribution in [-0.2, 0) is 11.3 Å². The highest BCUT2D eigenvalue weighted by molar-refractivity contribution is 5.84. The maximum atomic E-state index is 6.13. The number of methoxy groups -OCH3 is 1. The van der Waals surface area contributed by atoms with Gasteiger partial charge in [0.2, 0.25) is 0 Å². The van der Waals surface area contributed by atoms with Crippen LogP contribution in [0.1, 0.15) is 30.0 Å². The molecule has 2 aliphatic heterocycles. The SMILES string of the molecule is COc1ccc2cc(C3NNCC3CN3CCC(OCc4cccnc4)CC3)ccc2c1. The number of hydrogen-bond donors (Lipinski definition) is 2. The third-order valence-corrected chi connectivity index (χ3v) is 6.76. The number of aromatic nitrogens is 1. The van der Waals surface area contributed by atoms with Crippen molar-refractivity contribution in [3.8, 4) is 5.75 Å². The van der Waals surface area contributed by atoms with Gasteiger partial charge in [-0.3, -0.25) is 10.4 Å². The molecule has 2 saturated heterocycles. The number of piperidine rings is 1. The molecule has 2 unspecified atom stereocenters. The highest BCUT2D eigenvalue weighted by Gasteiger charge is 2.31. The van der Waals surface area contributed by atoms with Gasteiger partial charge in [-0.2, -0.15) is 0 Å². The Morgan fingerprint density at radius 3 is 2.72 bits per heavy atom. The molecule has 1 aromatic heterocycles. The maximum Gasteiger partial charge on any atom is 0.119 e. The molecule has 2 aromatic carbocycles. The zero-order valence-corrected chi connectivity index (χ0v) is 18.7. The van der Waals surface area contributed by atoms with Crippen LogP contribution in [0.3, 0.4) is 0 Å². The minimum Gasteiger partial charge on any atom is -0.497 e. The molecule has 0 radical (unpaired) electrons. The molecule has 0 saturated carbocycles. The zero-order valence-electron chi connectivity index (χ0n) is 18.7. The van der Waals surface area contributed by atoms with Crippen LogP contribution < -0.4 is 15.6 Å².